The summed E-state index contributed by atoms with van der Waals surface area (Å²) in [5.41, 5.74) is 7.71. The highest BCUT2D eigenvalue weighted by Crippen LogP contribution is 2.38. The average molecular weight is 223 g/mol. The van der Waals surface area contributed by atoms with Crippen molar-refractivity contribution in [3.05, 3.63) is 22.4 Å². The molecule has 1 aromatic rings. The standard InChI is InChI=1S/C13H21NS/c1-2-3-10-4-5-13(14)12(8-10)11-6-7-15-9-11/h6-7,9-10,12-13H,2-5,8,14H2,1H3. The highest BCUT2D eigenvalue weighted by molar-refractivity contribution is 7.07. The van der Waals surface area contributed by atoms with Gasteiger partial charge < -0.3 is 5.73 Å². The molecule has 2 heteroatoms. The first-order chi connectivity index (χ1) is 7.31. The van der Waals surface area contributed by atoms with Crippen molar-refractivity contribution in [2.75, 3.05) is 0 Å². The van der Waals surface area contributed by atoms with Gasteiger partial charge in [-0.25, -0.2) is 0 Å². The molecule has 3 atom stereocenters. The molecule has 0 bridgehead atoms. The van der Waals surface area contributed by atoms with Crippen molar-refractivity contribution in [1.29, 1.82) is 0 Å². The van der Waals surface area contributed by atoms with E-state index in [2.05, 4.69) is 23.8 Å². The summed E-state index contributed by atoms with van der Waals surface area (Å²) >= 11 is 1.79. The number of rotatable bonds is 3. The van der Waals surface area contributed by atoms with Crippen molar-refractivity contribution < 1.29 is 0 Å². The van der Waals surface area contributed by atoms with E-state index >= 15 is 0 Å². The summed E-state index contributed by atoms with van der Waals surface area (Å²) in [6.07, 6.45) is 6.57. The van der Waals surface area contributed by atoms with Crippen LogP contribution in [0.4, 0.5) is 0 Å². The van der Waals surface area contributed by atoms with Gasteiger partial charge in [0.2, 0.25) is 0 Å². The Balaban J connectivity index is 2.02. The van der Waals surface area contributed by atoms with Crippen molar-refractivity contribution in [2.24, 2.45) is 11.7 Å². The Hall–Kier alpha value is -0.340. The molecular weight excluding hydrogens is 202 g/mol. The quantitative estimate of drug-likeness (QED) is 0.829. The van der Waals surface area contributed by atoms with Gasteiger partial charge in [0.15, 0.2) is 0 Å². The molecular formula is C13H21NS. The van der Waals surface area contributed by atoms with Gasteiger partial charge in [-0.3, -0.25) is 0 Å². The minimum absolute atomic E-state index is 0.396. The summed E-state index contributed by atoms with van der Waals surface area (Å²) in [7, 11) is 0. The highest BCUT2D eigenvalue weighted by Gasteiger charge is 2.28. The van der Waals surface area contributed by atoms with Crippen LogP contribution >= 0.6 is 11.3 Å². The summed E-state index contributed by atoms with van der Waals surface area (Å²) in [6, 6.07) is 2.65. The summed E-state index contributed by atoms with van der Waals surface area (Å²) in [6.45, 7) is 2.29. The van der Waals surface area contributed by atoms with Gasteiger partial charge in [-0.15, -0.1) is 0 Å². The third-order valence-corrected chi connectivity index (χ3v) is 4.38. The van der Waals surface area contributed by atoms with Crippen LogP contribution in [0.1, 0.15) is 50.5 Å². The Morgan fingerprint density at radius 3 is 3.00 bits per heavy atom. The molecule has 15 heavy (non-hydrogen) atoms. The van der Waals surface area contributed by atoms with E-state index in [0.29, 0.717) is 12.0 Å². The lowest BCUT2D eigenvalue weighted by atomic mass is 9.74. The maximum atomic E-state index is 6.23. The zero-order valence-electron chi connectivity index (χ0n) is 9.49. The highest BCUT2D eigenvalue weighted by atomic mass is 32.1. The number of nitrogens with two attached hydrogens (primary N) is 1. The second-order valence-electron chi connectivity index (χ2n) is 4.79. The zero-order chi connectivity index (χ0) is 10.7. The van der Waals surface area contributed by atoms with Gasteiger partial charge in [-0.05, 0) is 47.6 Å². The molecule has 0 spiro atoms. The smallest absolute Gasteiger partial charge is 0.0108 e. The van der Waals surface area contributed by atoms with Crippen LogP contribution in [0.2, 0.25) is 0 Å². The number of hydrogen-bond acceptors (Lipinski definition) is 2. The second-order valence-corrected chi connectivity index (χ2v) is 5.57. The van der Waals surface area contributed by atoms with Crippen LogP contribution in [-0.2, 0) is 0 Å². The van der Waals surface area contributed by atoms with E-state index in [9.17, 15) is 0 Å². The molecule has 2 rings (SSSR count). The van der Waals surface area contributed by atoms with Crippen LogP contribution in [0.25, 0.3) is 0 Å². The predicted molar refractivity (Wildman–Crippen MR) is 67.3 cm³/mol. The monoisotopic (exact) mass is 223 g/mol. The molecule has 84 valence electrons. The lowest BCUT2D eigenvalue weighted by Gasteiger charge is -2.33. The molecule has 1 aliphatic rings. The van der Waals surface area contributed by atoms with Crippen LogP contribution < -0.4 is 5.73 Å². The molecule has 1 nitrogen and oxygen atoms in total. The van der Waals surface area contributed by atoms with Gasteiger partial charge in [-0.1, -0.05) is 19.8 Å². The number of hydrogen-bond donors (Lipinski definition) is 1. The fourth-order valence-corrected chi connectivity index (χ4v) is 3.55. The molecule has 3 unspecified atom stereocenters. The van der Waals surface area contributed by atoms with E-state index in [1.807, 2.05) is 0 Å². The molecule has 0 radical (unpaired) electrons. The van der Waals surface area contributed by atoms with Crippen LogP contribution in [0.5, 0.6) is 0 Å². The molecule has 1 saturated carbocycles. The summed E-state index contributed by atoms with van der Waals surface area (Å²) in [5.74, 6) is 1.54. The maximum Gasteiger partial charge on any atom is 0.0108 e. The fraction of sp³-hybridized carbons (Fsp3) is 0.692. The average Bonchev–Trinajstić information content (AvgIpc) is 2.74. The van der Waals surface area contributed by atoms with Gasteiger partial charge >= 0.3 is 0 Å². The van der Waals surface area contributed by atoms with Crippen LogP contribution in [0, 0.1) is 5.92 Å². The first kappa shape index (κ1) is 11.2. The third-order valence-electron chi connectivity index (χ3n) is 3.68. The molecule has 1 fully saturated rings. The van der Waals surface area contributed by atoms with E-state index in [-0.39, 0.29) is 0 Å². The Labute approximate surface area is 96.7 Å². The molecule has 0 saturated heterocycles. The lowest BCUT2D eigenvalue weighted by Crippen LogP contribution is -2.34. The zero-order valence-corrected chi connectivity index (χ0v) is 10.3. The topological polar surface area (TPSA) is 26.0 Å². The van der Waals surface area contributed by atoms with Crippen molar-refractivity contribution in [3.8, 4) is 0 Å². The van der Waals surface area contributed by atoms with E-state index in [1.54, 1.807) is 11.3 Å². The second kappa shape index (κ2) is 5.13. The molecule has 2 N–H and O–H groups in total. The molecule has 0 amide bonds. The summed E-state index contributed by atoms with van der Waals surface area (Å²) in [5, 5.41) is 4.45. The summed E-state index contributed by atoms with van der Waals surface area (Å²) in [4.78, 5) is 0. The Kier molecular flexibility index (Phi) is 3.81. The van der Waals surface area contributed by atoms with Gasteiger partial charge in [-0.2, -0.15) is 11.3 Å². The van der Waals surface area contributed by atoms with Crippen molar-refractivity contribution in [2.45, 2.75) is 51.0 Å². The molecule has 0 aromatic carbocycles. The minimum Gasteiger partial charge on any atom is -0.327 e. The van der Waals surface area contributed by atoms with Crippen LogP contribution in [0.3, 0.4) is 0 Å². The minimum atomic E-state index is 0.396. The van der Waals surface area contributed by atoms with Gasteiger partial charge in [0, 0.05) is 12.0 Å². The predicted octanol–water partition coefficient (Wildman–Crippen LogP) is 3.76. The van der Waals surface area contributed by atoms with Crippen molar-refractivity contribution in [3.63, 3.8) is 0 Å². The largest absolute Gasteiger partial charge is 0.327 e. The van der Waals surface area contributed by atoms with Gasteiger partial charge in [0.1, 0.15) is 0 Å². The van der Waals surface area contributed by atoms with Crippen LogP contribution in [-0.4, -0.2) is 6.04 Å². The Bertz CT molecular complexity index is 281. The molecule has 1 aliphatic carbocycles. The fourth-order valence-electron chi connectivity index (χ4n) is 2.82. The van der Waals surface area contributed by atoms with E-state index < -0.39 is 0 Å². The van der Waals surface area contributed by atoms with Crippen molar-refractivity contribution >= 4 is 11.3 Å². The maximum absolute atomic E-state index is 6.23. The van der Waals surface area contributed by atoms with Crippen LogP contribution in [0.15, 0.2) is 16.8 Å². The normalized spacial score (nSPS) is 31.7. The van der Waals surface area contributed by atoms with Crippen molar-refractivity contribution in [1.82, 2.24) is 0 Å². The Morgan fingerprint density at radius 1 is 1.47 bits per heavy atom. The van der Waals surface area contributed by atoms with E-state index in [0.717, 1.165) is 5.92 Å². The Morgan fingerprint density at radius 2 is 2.33 bits per heavy atom. The first-order valence-corrected chi connectivity index (χ1v) is 7.03. The van der Waals surface area contributed by atoms with E-state index in [1.165, 1.54) is 37.7 Å². The number of thiophene rings is 1. The molecule has 1 heterocycles. The molecule has 1 aromatic heterocycles. The SMILES string of the molecule is CCCC1CCC(N)C(c2ccsc2)C1. The lowest BCUT2D eigenvalue weighted by molar-refractivity contribution is 0.274. The third kappa shape index (κ3) is 2.61. The van der Waals surface area contributed by atoms with Gasteiger partial charge in [0.05, 0.1) is 0 Å². The molecule has 0 aliphatic heterocycles. The van der Waals surface area contributed by atoms with Gasteiger partial charge in [0.25, 0.3) is 0 Å². The van der Waals surface area contributed by atoms with E-state index in [4.69, 9.17) is 5.73 Å². The first-order valence-electron chi connectivity index (χ1n) is 6.09. The summed E-state index contributed by atoms with van der Waals surface area (Å²) < 4.78 is 0.